The third-order valence-electron chi connectivity index (χ3n) is 2.47. The molecule has 1 unspecified atom stereocenters. The van der Waals surface area contributed by atoms with Gasteiger partial charge in [0.1, 0.15) is 18.4 Å². The highest BCUT2D eigenvalue weighted by atomic mass is 16.6. The van der Waals surface area contributed by atoms with E-state index < -0.39 is 16.9 Å². The minimum atomic E-state index is -0.940. The Bertz CT molecular complexity index is 487. The van der Waals surface area contributed by atoms with Crippen LogP contribution in [0.15, 0.2) is 12.1 Å². The first-order valence-electron chi connectivity index (χ1n) is 5.26. The molecule has 0 aliphatic carbocycles. The van der Waals surface area contributed by atoms with E-state index >= 15 is 0 Å². The number of aryl methyl sites for hydroxylation is 2. The molecule has 1 atom stereocenters. The first-order valence-corrected chi connectivity index (χ1v) is 5.26. The Morgan fingerprint density at radius 3 is 2.56 bits per heavy atom. The van der Waals surface area contributed by atoms with E-state index in [4.69, 9.17) is 16.2 Å². The second-order valence-electron chi connectivity index (χ2n) is 3.98. The Kier molecular flexibility index (Phi) is 4.22. The topological polar surface area (TPSA) is 121 Å². The lowest BCUT2D eigenvalue weighted by molar-refractivity contribution is -0.385. The molecule has 7 nitrogen and oxygen atoms in total. The van der Waals surface area contributed by atoms with Crippen LogP contribution in [0, 0.1) is 24.0 Å². The predicted octanol–water partition coefficient (Wildman–Crippen LogP) is 0.403. The molecule has 0 radical (unpaired) electrons. The zero-order chi connectivity index (χ0) is 13.9. The fourth-order valence-corrected chi connectivity index (χ4v) is 1.44. The predicted molar refractivity (Wildman–Crippen MR) is 65.2 cm³/mol. The number of carbonyl (C=O) groups excluding carboxylic acids is 1. The molecule has 1 aromatic carbocycles. The molecule has 1 amide bonds. The SMILES string of the molecule is Cc1cc(C)c([N+](=O)[O-])cc1OCC(N)C(N)=O. The molecule has 1 aromatic rings. The van der Waals surface area contributed by atoms with Crippen LogP contribution in [0.3, 0.4) is 0 Å². The van der Waals surface area contributed by atoms with Crippen LogP contribution in [-0.2, 0) is 4.79 Å². The van der Waals surface area contributed by atoms with Crippen molar-refractivity contribution < 1.29 is 14.5 Å². The largest absolute Gasteiger partial charge is 0.491 e. The van der Waals surface area contributed by atoms with E-state index in [0.717, 1.165) is 5.56 Å². The average Bonchev–Trinajstić information content (AvgIpc) is 2.26. The van der Waals surface area contributed by atoms with Gasteiger partial charge in [0.2, 0.25) is 5.91 Å². The summed E-state index contributed by atoms with van der Waals surface area (Å²) in [5.41, 5.74) is 11.6. The molecule has 0 spiro atoms. The third kappa shape index (κ3) is 3.17. The van der Waals surface area contributed by atoms with E-state index in [1.54, 1.807) is 19.9 Å². The normalized spacial score (nSPS) is 11.9. The number of benzene rings is 1. The monoisotopic (exact) mass is 253 g/mol. The molecule has 0 bridgehead atoms. The number of nitrogens with two attached hydrogens (primary N) is 2. The first-order chi connectivity index (χ1) is 8.32. The van der Waals surface area contributed by atoms with E-state index in [9.17, 15) is 14.9 Å². The summed E-state index contributed by atoms with van der Waals surface area (Å²) < 4.78 is 5.28. The van der Waals surface area contributed by atoms with Crippen LogP contribution >= 0.6 is 0 Å². The van der Waals surface area contributed by atoms with Crippen molar-refractivity contribution in [1.82, 2.24) is 0 Å². The zero-order valence-electron chi connectivity index (χ0n) is 10.2. The number of nitro benzene ring substituents is 1. The van der Waals surface area contributed by atoms with Gasteiger partial charge in [-0.3, -0.25) is 14.9 Å². The summed E-state index contributed by atoms with van der Waals surface area (Å²) in [5, 5.41) is 10.8. The van der Waals surface area contributed by atoms with Gasteiger partial charge in [0.15, 0.2) is 0 Å². The maximum absolute atomic E-state index is 10.8. The van der Waals surface area contributed by atoms with Crippen LogP contribution in [0.4, 0.5) is 5.69 Å². The van der Waals surface area contributed by atoms with Crippen LogP contribution in [0.1, 0.15) is 11.1 Å². The van der Waals surface area contributed by atoms with Gasteiger partial charge in [-0.15, -0.1) is 0 Å². The fraction of sp³-hybridized carbons (Fsp3) is 0.364. The van der Waals surface area contributed by atoms with Gasteiger partial charge in [-0.25, -0.2) is 0 Å². The Morgan fingerprint density at radius 1 is 1.44 bits per heavy atom. The molecule has 0 aliphatic heterocycles. The van der Waals surface area contributed by atoms with Gasteiger partial charge in [-0.05, 0) is 25.5 Å². The van der Waals surface area contributed by atoms with E-state index in [-0.39, 0.29) is 12.3 Å². The van der Waals surface area contributed by atoms with E-state index in [1.165, 1.54) is 6.07 Å². The molecule has 7 heteroatoms. The molecule has 0 saturated carbocycles. The maximum atomic E-state index is 10.8. The molecule has 0 aliphatic rings. The number of nitrogens with zero attached hydrogens (tertiary/aromatic N) is 1. The second-order valence-corrected chi connectivity index (χ2v) is 3.98. The van der Waals surface area contributed by atoms with Crippen molar-refractivity contribution >= 4 is 11.6 Å². The van der Waals surface area contributed by atoms with E-state index in [0.29, 0.717) is 11.3 Å². The van der Waals surface area contributed by atoms with Gasteiger partial charge in [0, 0.05) is 5.56 Å². The van der Waals surface area contributed by atoms with Crippen molar-refractivity contribution in [2.45, 2.75) is 19.9 Å². The van der Waals surface area contributed by atoms with E-state index in [1.807, 2.05) is 0 Å². The minimum absolute atomic E-state index is 0.0387. The number of rotatable bonds is 5. The summed E-state index contributed by atoms with van der Waals surface area (Å²) in [6.45, 7) is 3.28. The van der Waals surface area contributed by atoms with Crippen LogP contribution in [0.25, 0.3) is 0 Å². The van der Waals surface area contributed by atoms with Crippen LogP contribution < -0.4 is 16.2 Å². The van der Waals surface area contributed by atoms with Gasteiger partial charge < -0.3 is 16.2 Å². The molecular formula is C11H15N3O4. The third-order valence-corrected chi connectivity index (χ3v) is 2.47. The molecule has 18 heavy (non-hydrogen) atoms. The molecule has 98 valence electrons. The first kappa shape index (κ1) is 13.9. The van der Waals surface area contributed by atoms with Gasteiger partial charge in [-0.2, -0.15) is 0 Å². The standard InChI is InChI=1S/C11H15N3O4/c1-6-3-7(2)10(4-9(6)14(16)17)18-5-8(12)11(13)15/h3-4,8H,5,12H2,1-2H3,(H2,13,15). The molecule has 0 aromatic heterocycles. The number of hydrogen-bond acceptors (Lipinski definition) is 5. The number of carbonyl (C=O) groups is 1. The zero-order valence-corrected chi connectivity index (χ0v) is 10.2. The molecular weight excluding hydrogens is 238 g/mol. The minimum Gasteiger partial charge on any atom is -0.491 e. The number of nitro groups is 1. The van der Waals surface area contributed by atoms with Gasteiger partial charge in [0.05, 0.1) is 11.0 Å². The summed E-state index contributed by atoms with van der Waals surface area (Å²) in [6, 6.07) is 2.02. The maximum Gasteiger partial charge on any atom is 0.276 e. The van der Waals surface area contributed by atoms with Crippen molar-refractivity contribution in [2.24, 2.45) is 11.5 Å². The lowest BCUT2D eigenvalue weighted by Gasteiger charge is -2.12. The Morgan fingerprint density at radius 2 is 2.06 bits per heavy atom. The van der Waals surface area contributed by atoms with Crippen molar-refractivity contribution in [3.8, 4) is 5.75 Å². The summed E-state index contributed by atoms with van der Waals surface area (Å²) in [7, 11) is 0. The van der Waals surface area contributed by atoms with Gasteiger partial charge >= 0.3 is 0 Å². The highest BCUT2D eigenvalue weighted by Gasteiger charge is 2.16. The average molecular weight is 253 g/mol. The van der Waals surface area contributed by atoms with Crippen LogP contribution in [0.5, 0.6) is 5.75 Å². The number of primary amides is 1. The lowest BCUT2D eigenvalue weighted by atomic mass is 10.1. The van der Waals surface area contributed by atoms with E-state index in [2.05, 4.69) is 0 Å². The lowest BCUT2D eigenvalue weighted by Crippen LogP contribution is -2.41. The molecule has 0 heterocycles. The summed E-state index contributed by atoms with van der Waals surface area (Å²) in [4.78, 5) is 21.0. The second kappa shape index (κ2) is 5.46. The van der Waals surface area contributed by atoms with Gasteiger partial charge in [-0.1, -0.05) is 0 Å². The van der Waals surface area contributed by atoms with Crippen LogP contribution in [-0.4, -0.2) is 23.5 Å². The Balaban J connectivity index is 2.92. The summed E-state index contributed by atoms with van der Waals surface area (Å²) in [5.74, 6) is -0.363. The quantitative estimate of drug-likeness (QED) is 0.581. The number of ether oxygens (including phenoxy) is 1. The van der Waals surface area contributed by atoms with Crippen LogP contribution in [0.2, 0.25) is 0 Å². The molecule has 0 saturated heterocycles. The van der Waals surface area contributed by atoms with Crippen molar-refractivity contribution in [3.63, 3.8) is 0 Å². The number of amides is 1. The Hall–Kier alpha value is -2.15. The summed E-state index contributed by atoms with van der Waals surface area (Å²) in [6.07, 6.45) is 0. The number of hydrogen-bond donors (Lipinski definition) is 2. The Labute approximate surface area is 104 Å². The highest BCUT2D eigenvalue weighted by molar-refractivity contribution is 5.79. The molecule has 1 rings (SSSR count). The smallest absolute Gasteiger partial charge is 0.276 e. The highest BCUT2D eigenvalue weighted by Crippen LogP contribution is 2.27. The summed E-state index contributed by atoms with van der Waals surface area (Å²) >= 11 is 0. The van der Waals surface area contributed by atoms with Crippen molar-refractivity contribution in [2.75, 3.05) is 6.61 Å². The van der Waals surface area contributed by atoms with Crippen molar-refractivity contribution in [3.05, 3.63) is 33.4 Å². The van der Waals surface area contributed by atoms with Crippen molar-refractivity contribution in [1.29, 1.82) is 0 Å². The molecule has 4 N–H and O–H groups in total. The van der Waals surface area contributed by atoms with Gasteiger partial charge in [0.25, 0.3) is 5.69 Å². The fourth-order valence-electron chi connectivity index (χ4n) is 1.44. The molecule has 0 fully saturated rings.